The number of aromatic amines is 1. The van der Waals surface area contributed by atoms with Crippen LogP contribution in [0.15, 0.2) is 73.2 Å². The van der Waals surface area contributed by atoms with Crippen LogP contribution in [-0.4, -0.2) is 38.8 Å². The Morgan fingerprint density at radius 1 is 0.967 bits per heavy atom. The Bertz CT molecular complexity index is 972. The minimum Gasteiger partial charge on any atom is -0.480 e. The third kappa shape index (κ3) is 5.88. The summed E-state index contributed by atoms with van der Waals surface area (Å²) in [4.78, 5) is 44.1. The largest absolute Gasteiger partial charge is 0.480 e. The van der Waals surface area contributed by atoms with Crippen LogP contribution in [0.25, 0.3) is 0 Å². The van der Waals surface area contributed by atoms with Gasteiger partial charge in [-0.3, -0.25) is 9.59 Å². The number of carbonyl (C=O) groups is 3. The van der Waals surface area contributed by atoms with Crippen LogP contribution in [0.5, 0.6) is 0 Å². The summed E-state index contributed by atoms with van der Waals surface area (Å²) in [6.07, 6.45) is 3.36. The molecule has 1 heterocycles. The monoisotopic (exact) mass is 405 g/mol. The SMILES string of the molecule is O=C(CC(Cc1ccccc1)C(=O)N[C@H](Cc1cnc[nH]1)C(=O)O)c1ccccc1. The van der Waals surface area contributed by atoms with Crippen molar-refractivity contribution < 1.29 is 19.5 Å². The van der Waals surface area contributed by atoms with E-state index < -0.39 is 23.8 Å². The third-order valence-electron chi connectivity index (χ3n) is 4.82. The molecule has 0 spiro atoms. The zero-order chi connectivity index (χ0) is 21.3. The average Bonchev–Trinajstić information content (AvgIpc) is 3.27. The average molecular weight is 405 g/mol. The molecule has 0 radical (unpaired) electrons. The number of carboxylic acids is 1. The van der Waals surface area contributed by atoms with Crippen molar-refractivity contribution in [3.63, 3.8) is 0 Å². The van der Waals surface area contributed by atoms with Gasteiger partial charge in [-0.05, 0) is 12.0 Å². The zero-order valence-corrected chi connectivity index (χ0v) is 16.3. The van der Waals surface area contributed by atoms with E-state index in [1.165, 1.54) is 12.5 Å². The Labute approximate surface area is 174 Å². The molecule has 1 unspecified atom stereocenters. The highest BCUT2D eigenvalue weighted by Crippen LogP contribution is 2.17. The van der Waals surface area contributed by atoms with Crippen molar-refractivity contribution in [3.05, 3.63) is 90.0 Å². The zero-order valence-electron chi connectivity index (χ0n) is 16.3. The van der Waals surface area contributed by atoms with Gasteiger partial charge in [0.05, 0.1) is 6.33 Å². The number of nitrogens with one attached hydrogen (secondary N) is 2. The summed E-state index contributed by atoms with van der Waals surface area (Å²) >= 11 is 0. The van der Waals surface area contributed by atoms with Crippen molar-refractivity contribution in [1.29, 1.82) is 0 Å². The van der Waals surface area contributed by atoms with Gasteiger partial charge in [0.1, 0.15) is 6.04 Å². The third-order valence-corrected chi connectivity index (χ3v) is 4.82. The van der Waals surface area contributed by atoms with Gasteiger partial charge in [-0.25, -0.2) is 9.78 Å². The summed E-state index contributed by atoms with van der Waals surface area (Å²) in [7, 11) is 0. The highest BCUT2D eigenvalue weighted by Gasteiger charge is 2.28. The van der Waals surface area contributed by atoms with E-state index >= 15 is 0 Å². The number of aliphatic carboxylic acids is 1. The number of carboxylic acid groups (broad SMARTS) is 1. The molecular weight excluding hydrogens is 382 g/mol. The van der Waals surface area contributed by atoms with E-state index in [4.69, 9.17) is 0 Å². The molecule has 7 nitrogen and oxygen atoms in total. The molecule has 0 fully saturated rings. The fourth-order valence-corrected chi connectivity index (χ4v) is 3.23. The van der Waals surface area contributed by atoms with Gasteiger partial charge in [0.15, 0.2) is 5.78 Å². The van der Waals surface area contributed by atoms with E-state index in [1.807, 2.05) is 36.4 Å². The van der Waals surface area contributed by atoms with Crippen LogP contribution in [0.4, 0.5) is 0 Å². The van der Waals surface area contributed by atoms with Crippen LogP contribution in [0.3, 0.4) is 0 Å². The minimum absolute atomic E-state index is 0.0128. The van der Waals surface area contributed by atoms with Crippen LogP contribution in [0, 0.1) is 5.92 Å². The molecule has 2 aromatic carbocycles. The summed E-state index contributed by atoms with van der Waals surface area (Å²) in [6.45, 7) is 0. The summed E-state index contributed by atoms with van der Waals surface area (Å²) in [5, 5.41) is 12.1. The smallest absolute Gasteiger partial charge is 0.326 e. The number of amides is 1. The lowest BCUT2D eigenvalue weighted by Crippen LogP contribution is -2.45. The predicted molar refractivity (Wildman–Crippen MR) is 111 cm³/mol. The van der Waals surface area contributed by atoms with Crippen LogP contribution < -0.4 is 5.32 Å². The number of ketones is 1. The maximum absolute atomic E-state index is 13.0. The van der Waals surface area contributed by atoms with Gasteiger partial charge >= 0.3 is 5.97 Å². The quantitative estimate of drug-likeness (QED) is 0.449. The van der Waals surface area contributed by atoms with E-state index in [-0.39, 0.29) is 18.6 Å². The van der Waals surface area contributed by atoms with E-state index in [0.717, 1.165) is 5.56 Å². The minimum atomic E-state index is -1.15. The first-order valence-corrected chi connectivity index (χ1v) is 9.65. The molecule has 1 aromatic heterocycles. The van der Waals surface area contributed by atoms with Crippen LogP contribution in [0.2, 0.25) is 0 Å². The fourth-order valence-electron chi connectivity index (χ4n) is 3.23. The van der Waals surface area contributed by atoms with Gasteiger partial charge in [0.25, 0.3) is 0 Å². The lowest BCUT2D eigenvalue weighted by Gasteiger charge is -2.20. The van der Waals surface area contributed by atoms with Crippen molar-refractivity contribution in [3.8, 4) is 0 Å². The topological polar surface area (TPSA) is 112 Å². The standard InChI is InChI=1S/C23H23N3O4/c27-21(17-9-5-2-6-10-17)12-18(11-16-7-3-1-4-8-16)22(28)26-20(23(29)30)13-19-14-24-15-25-19/h1-10,14-15,18,20H,11-13H2,(H,24,25)(H,26,28)(H,29,30)/t18?,20-/m1/s1. The summed E-state index contributed by atoms with van der Waals surface area (Å²) in [5.41, 5.74) is 2.03. The maximum Gasteiger partial charge on any atom is 0.326 e. The number of Topliss-reactive ketones (excluding diaryl/α,β-unsaturated/α-hetero) is 1. The number of imidazole rings is 1. The molecule has 0 aliphatic carbocycles. The van der Waals surface area contributed by atoms with Gasteiger partial charge in [-0.1, -0.05) is 60.7 Å². The second kappa shape index (κ2) is 10.2. The molecule has 154 valence electrons. The number of rotatable bonds is 10. The molecule has 2 atom stereocenters. The highest BCUT2D eigenvalue weighted by molar-refractivity contribution is 5.99. The normalized spacial score (nSPS) is 12.7. The molecule has 0 bridgehead atoms. The van der Waals surface area contributed by atoms with Gasteiger partial charge < -0.3 is 15.4 Å². The van der Waals surface area contributed by atoms with E-state index in [1.54, 1.807) is 24.3 Å². The van der Waals surface area contributed by atoms with Gasteiger partial charge in [-0.15, -0.1) is 0 Å². The first-order valence-electron chi connectivity index (χ1n) is 9.65. The lowest BCUT2D eigenvalue weighted by atomic mass is 9.91. The number of H-pyrrole nitrogens is 1. The van der Waals surface area contributed by atoms with Crippen molar-refractivity contribution in [1.82, 2.24) is 15.3 Å². The molecule has 1 amide bonds. The van der Waals surface area contributed by atoms with Crippen LogP contribution in [0.1, 0.15) is 28.0 Å². The molecular formula is C23H23N3O4. The van der Waals surface area contributed by atoms with Crippen molar-refractivity contribution >= 4 is 17.7 Å². The Kier molecular flexibility index (Phi) is 7.10. The molecule has 3 aromatic rings. The molecule has 30 heavy (non-hydrogen) atoms. The van der Waals surface area contributed by atoms with Crippen molar-refractivity contribution in [2.24, 2.45) is 5.92 Å². The first kappa shape index (κ1) is 21.0. The molecule has 7 heteroatoms. The van der Waals surface area contributed by atoms with Crippen molar-refractivity contribution in [2.45, 2.75) is 25.3 Å². The van der Waals surface area contributed by atoms with E-state index in [0.29, 0.717) is 17.7 Å². The van der Waals surface area contributed by atoms with E-state index in [9.17, 15) is 19.5 Å². The second-order valence-corrected chi connectivity index (χ2v) is 7.06. The summed E-state index contributed by atoms with van der Waals surface area (Å²) < 4.78 is 0. The Balaban J connectivity index is 1.76. The summed E-state index contributed by atoms with van der Waals surface area (Å²) in [5.74, 6) is -2.46. The molecule has 3 N–H and O–H groups in total. The number of aromatic nitrogens is 2. The van der Waals surface area contributed by atoms with Crippen LogP contribution >= 0.6 is 0 Å². The van der Waals surface area contributed by atoms with Gasteiger partial charge in [-0.2, -0.15) is 0 Å². The van der Waals surface area contributed by atoms with Gasteiger partial charge in [0.2, 0.25) is 5.91 Å². The molecule has 0 aliphatic rings. The number of hydrogen-bond acceptors (Lipinski definition) is 4. The van der Waals surface area contributed by atoms with Crippen LogP contribution in [-0.2, 0) is 22.4 Å². The molecule has 3 rings (SSSR count). The fraction of sp³-hybridized carbons (Fsp3) is 0.217. The maximum atomic E-state index is 13.0. The lowest BCUT2D eigenvalue weighted by molar-refractivity contribution is -0.142. The first-order chi connectivity index (χ1) is 14.5. The highest BCUT2D eigenvalue weighted by atomic mass is 16.4. The second-order valence-electron chi connectivity index (χ2n) is 7.06. The Morgan fingerprint density at radius 2 is 1.63 bits per heavy atom. The Morgan fingerprint density at radius 3 is 2.23 bits per heavy atom. The number of hydrogen-bond donors (Lipinski definition) is 3. The number of carbonyl (C=O) groups excluding carboxylic acids is 2. The van der Waals surface area contributed by atoms with E-state index in [2.05, 4.69) is 15.3 Å². The predicted octanol–water partition coefficient (Wildman–Crippen LogP) is 2.65. The molecule has 0 saturated carbocycles. The Hall–Kier alpha value is -3.74. The number of nitrogens with zero attached hydrogens (tertiary/aromatic N) is 1. The van der Waals surface area contributed by atoms with Crippen molar-refractivity contribution in [2.75, 3.05) is 0 Å². The summed E-state index contributed by atoms with van der Waals surface area (Å²) in [6, 6.07) is 17.0. The number of benzene rings is 2. The molecule has 0 saturated heterocycles. The van der Waals surface area contributed by atoms with Gasteiger partial charge in [0, 0.05) is 36.2 Å². The molecule has 0 aliphatic heterocycles.